The van der Waals surface area contributed by atoms with E-state index in [1.54, 1.807) is 0 Å². The zero-order chi connectivity index (χ0) is 22.1. The highest BCUT2D eigenvalue weighted by Gasteiger charge is 2.42. The Kier molecular flexibility index (Phi) is 6.51. The van der Waals surface area contributed by atoms with Gasteiger partial charge in [-0.1, -0.05) is 11.2 Å². The number of aromatic nitrogens is 1. The molecule has 2 aliphatic heterocycles. The minimum atomic E-state index is -5.08. The number of fused-ring (bicyclic) bond motifs is 1. The van der Waals surface area contributed by atoms with Gasteiger partial charge >= 0.3 is 12.1 Å². The molecule has 7 nitrogen and oxygen atoms in total. The van der Waals surface area contributed by atoms with Crippen LogP contribution in [-0.2, 0) is 11.3 Å². The molecule has 164 valence electrons. The van der Waals surface area contributed by atoms with Crippen LogP contribution in [0.15, 0.2) is 22.0 Å². The molecule has 0 aliphatic carbocycles. The SMILES string of the molecule is Cc1noc(C)c1CN1C[C@@H]2CN(C(=O)c3cccs3)C[C@@H]2C1.O=C(O)C(F)(F)F. The van der Waals surface area contributed by atoms with Crippen molar-refractivity contribution in [3.05, 3.63) is 39.4 Å². The number of aryl methyl sites for hydroxylation is 2. The van der Waals surface area contributed by atoms with Gasteiger partial charge in [-0.3, -0.25) is 9.69 Å². The summed E-state index contributed by atoms with van der Waals surface area (Å²) in [5.41, 5.74) is 2.21. The Bertz CT molecular complexity index is 864. The van der Waals surface area contributed by atoms with Crippen molar-refractivity contribution < 1.29 is 32.4 Å². The molecule has 0 aromatic carbocycles. The topological polar surface area (TPSA) is 86.9 Å². The molecule has 2 aromatic rings. The van der Waals surface area contributed by atoms with Gasteiger partial charge in [-0.2, -0.15) is 13.2 Å². The van der Waals surface area contributed by atoms with Gasteiger partial charge in [0.2, 0.25) is 0 Å². The third-order valence-corrected chi connectivity index (χ3v) is 6.24. The molecule has 1 N–H and O–H groups in total. The van der Waals surface area contributed by atoms with Crippen molar-refractivity contribution in [2.45, 2.75) is 26.6 Å². The van der Waals surface area contributed by atoms with Gasteiger partial charge in [-0.15, -0.1) is 11.3 Å². The number of carboxylic acid groups (broad SMARTS) is 1. The van der Waals surface area contributed by atoms with Crippen molar-refractivity contribution in [2.75, 3.05) is 26.2 Å². The summed E-state index contributed by atoms with van der Waals surface area (Å²) in [5.74, 6) is -0.438. The molecule has 2 aliphatic rings. The first-order valence-electron chi connectivity index (χ1n) is 9.33. The van der Waals surface area contributed by atoms with Crippen LogP contribution in [0.1, 0.15) is 26.7 Å². The monoisotopic (exact) mass is 445 g/mol. The molecule has 0 bridgehead atoms. The van der Waals surface area contributed by atoms with Crippen LogP contribution >= 0.6 is 11.3 Å². The molecule has 0 unspecified atom stereocenters. The van der Waals surface area contributed by atoms with Gasteiger partial charge in [0, 0.05) is 38.3 Å². The Morgan fingerprint density at radius 1 is 1.23 bits per heavy atom. The fourth-order valence-electron chi connectivity index (χ4n) is 3.89. The molecule has 0 saturated carbocycles. The maximum atomic E-state index is 12.5. The van der Waals surface area contributed by atoms with Gasteiger partial charge < -0.3 is 14.5 Å². The van der Waals surface area contributed by atoms with Crippen molar-refractivity contribution >= 4 is 23.2 Å². The van der Waals surface area contributed by atoms with E-state index in [2.05, 4.69) is 10.1 Å². The highest BCUT2D eigenvalue weighted by molar-refractivity contribution is 7.12. The molecule has 2 fully saturated rings. The summed E-state index contributed by atoms with van der Waals surface area (Å²) in [7, 11) is 0. The molecular weight excluding hydrogens is 423 g/mol. The molecule has 2 saturated heterocycles. The minimum absolute atomic E-state index is 0.201. The summed E-state index contributed by atoms with van der Waals surface area (Å²) >= 11 is 1.53. The predicted molar refractivity (Wildman–Crippen MR) is 102 cm³/mol. The second-order valence-electron chi connectivity index (χ2n) is 7.51. The van der Waals surface area contributed by atoms with Gasteiger partial charge in [0.15, 0.2) is 0 Å². The second kappa shape index (κ2) is 8.76. The average Bonchev–Trinajstić information content (AvgIpc) is 3.42. The number of thiophene rings is 1. The first-order valence-corrected chi connectivity index (χ1v) is 10.2. The van der Waals surface area contributed by atoms with Crippen LogP contribution in [0.4, 0.5) is 13.2 Å². The van der Waals surface area contributed by atoms with Crippen molar-refractivity contribution in [3.8, 4) is 0 Å². The van der Waals surface area contributed by atoms with Gasteiger partial charge in [0.1, 0.15) is 5.76 Å². The van der Waals surface area contributed by atoms with Crippen LogP contribution in [0, 0.1) is 25.7 Å². The lowest BCUT2D eigenvalue weighted by molar-refractivity contribution is -0.192. The molecule has 2 aromatic heterocycles. The fraction of sp³-hybridized carbons (Fsp3) is 0.526. The smallest absolute Gasteiger partial charge is 0.475 e. The van der Waals surface area contributed by atoms with E-state index in [-0.39, 0.29) is 5.91 Å². The van der Waals surface area contributed by atoms with Crippen LogP contribution in [0.25, 0.3) is 0 Å². The highest BCUT2D eigenvalue weighted by Crippen LogP contribution is 2.33. The lowest BCUT2D eigenvalue weighted by atomic mass is 10.0. The average molecular weight is 445 g/mol. The predicted octanol–water partition coefficient (Wildman–Crippen LogP) is 3.19. The number of halogens is 3. The van der Waals surface area contributed by atoms with E-state index in [0.717, 1.165) is 49.1 Å². The van der Waals surface area contributed by atoms with Gasteiger partial charge in [0.05, 0.1) is 10.6 Å². The number of alkyl halides is 3. The van der Waals surface area contributed by atoms with E-state index >= 15 is 0 Å². The first-order chi connectivity index (χ1) is 14.1. The molecular formula is C19H22F3N3O4S. The summed E-state index contributed by atoms with van der Waals surface area (Å²) in [6.07, 6.45) is -5.08. The number of carbonyl (C=O) groups excluding carboxylic acids is 1. The molecule has 4 heterocycles. The Labute approximate surface area is 175 Å². The Hall–Kier alpha value is -2.40. The molecule has 1 amide bonds. The number of nitrogens with zero attached hydrogens (tertiary/aromatic N) is 3. The number of hydrogen-bond acceptors (Lipinski definition) is 6. The van der Waals surface area contributed by atoms with Crippen LogP contribution in [0.3, 0.4) is 0 Å². The normalized spacial score (nSPS) is 21.3. The maximum absolute atomic E-state index is 12.5. The number of amides is 1. The van der Waals surface area contributed by atoms with Crippen LogP contribution < -0.4 is 0 Å². The maximum Gasteiger partial charge on any atom is 0.490 e. The first kappa shape index (κ1) is 22.3. The summed E-state index contributed by atoms with van der Waals surface area (Å²) in [4.78, 5) is 26.7. The molecule has 2 atom stereocenters. The quantitative estimate of drug-likeness (QED) is 0.781. The third-order valence-electron chi connectivity index (χ3n) is 5.39. The number of hydrogen-bond donors (Lipinski definition) is 1. The minimum Gasteiger partial charge on any atom is -0.475 e. The second-order valence-corrected chi connectivity index (χ2v) is 8.46. The lowest BCUT2D eigenvalue weighted by Crippen LogP contribution is -2.32. The van der Waals surface area contributed by atoms with Gasteiger partial charge in [-0.05, 0) is 37.1 Å². The number of carbonyl (C=O) groups is 2. The fourth-order valence-corrected chi connectivity index (χ4v) is 4.58. The van der Waals surface area contributed by atoms with E-state index in [1.165, 1.54) is 16.9 Å². The number of likely N-dealkylation sites (tertiary alicyclic amines) is 2. The van der Waals surface area contributed by atoms with E-state index in [0.29, 0.717) is 11.8 Å². The summed E-state index contributed by atoms with van der Waals surface area (Å²) in [5, 5.41) is 13.1. The number of carboxylic acids is 1. The van der Waals surface area contributed by atoms with Crippen LogP contribution in [-0.4, -0.2) is 64.3 Å². The summed E-state index contributed by atoms with van der Waals surface area (Å²) < 4.78 is 37.0. The molecule has 0 radical (unpaired) electrons. The van der Waals surface area contributed by atoms with Crippen molar-refractivity contribution in [2.24, 2.45) is 11.8 Å². The summed E-state index contributed by atoms with van der Waals surface area (Å²) in [6, 6.07) is 3.87. The van der Waals surface area contributed by atoms with Crippen molar-refractivity contribution in [1.82, 2.24) is 15.0 Å². The van der Waals surface area contributed by atoms with E-state index in [9.17, 15) is 18.0 Å². The standard InChI is InChI=1S/C17H21N3O2S.C2HF3O2/c1-11-15(12(2)22-18-11)10-19-6-13-8-20(9-14(13)7-19)17(21)16-4-3-5-23-16;3-2(4,5)1(6)7/h3-5,13-14H,6-10H2,1-2H3;(H,6,7)/t13-,14+;. The van der Waals surface area contributed by atoms with Crippen molar-refractivity contribution in [3.63, 3.8) is 0 Å². The lowest BCUT2D eigenvalue weighted by Gasteiger charge is -2.21. The Morgan fingerprint density at radius 3 is 2.27 bits per heavy atom. The largest absolute Gasteiger partial charge is 0.490 e. The Morgan fingerprint density at radius 2 is 1.83 bits per heavy atom. The molecule has 4 rings (SSSR count). The zero-order valence-electron chi connectivity index (χ0n) is 16.5. The zero-order valence-corrected chi connectivity index (χ0v) is 17.3. The van der Waals surface area contributed by atoms with Crippen LogP contribution in [0.5, 0.6) is 0 Å². The van der Waals surface area contributed by atoms with Crippen LogP contribution in [0.2, 0.25) is 0 Å². The van der Waals surface area contributed by atoms with Gasteiger partial charge in [0.25, 0.3) is 5.91 Å². The van der Waals surface area contributed by atoms with Crippen molar-refractivity contribution in [1.29, 1.82) is 0 Å². The number of rotatable bonds is 3. The summed E-state index contributed by atoms with van der Waals surface area (Å²) in [6.45, 7) is 8.79. The van der Waals surface area contributed by atoms with Gasteiger partial charge in [-0.25, -0.2) is 4.79 Å². The van der Waals surface area contributed by atoms with E-state index in [4.69, 9.17) is 14.4 Å². The van der Waals surface area contributed by atoms with E-state index < -0.39 is 12.1 Å². The Balaban J connectivity index is 0.000000318. The molecule has 30 heavy (non-hydrogen) atoms. The molecule has 11 heteroatoms. The number of aliphatic carboxylic acids is 1. The third kappa shape index (κ3) is 5.01. The molecule has 0 spiro atoms. The highest BCUT2D eigenvalue weighted by atomic mass is 32.1. The van der Waals surface area contributed by atoms with E-state index in [1.807, 2.05) is 36.3 Å².